The molecule has 1 heteroatoms. The second-order valence-corrected chi connectivity index (χ2v) is 5.42. The Bertz CT molecular complexity index is 157. The molecule has 1 saturated carbocycles. The maximum absolute atomic E-state index is 3.63. The fourth-order valence-electron chi connectivity index (χ4n) is 2.85. The minimum Gasteiger partial charge on any atom is -0.316 e. The second-order valence-electron chi connectivity index (χ2n) is 5.42. The fourth-order valence-corrected chi connectivity index (χ4v) is 2.85. The third-order valence-corrected chi connectivity index (χ3v) is 4.22. The highest BCUT2D eigenvalue weighted by atomic mass is 14.9. The summed E-state index contributed by atoms with van der Waals surface area (Å²) >= 11 is 0. The van der Waals surface area contributed by atoms with E-state index in [1.807, 2.05) is 0 Å². The Labute approximate surface area is 96.0 Å². The molecule has 0 bridgehead atoms. The predicted molar refractivity (Wildman–Crippen MR) is 68.1 cm³/mol. The second kappa shape index (κ2) is 6.52. The Morgan fingerprint density at radius 1 is 1.13 bits per heavy atom. The highest BCUT2D eigenvalue weighted by molar-refractivity contribution is 4.90. The molecule has 0 aromatic heterocycles. The Morgan fingerprint density at radius 3 is 2.20 bits per heavy atom. The zero-order chi connectivity index (χ0) is 11.1. The van der Waals surface area contributed by atoms with Crippen LogP contribution in [-0.4, -0.2) is 13.1 Å². The van der Waals surface area contributed by atoms with E-state index in [4.69, 9.17) is 0 Å². The van der Waals surface area contributed by atoms with Gasteiger partial charge in [-0.25, -0.2) is 0 Å². The molecule has 1 aliphatic rings. The van der Waals surface area contributed by atoms with Crippen LogP contribution in [0.1, 0.15) is 65.7 Å². The van der Waals surface area contributed by atoms with Crippen LogP contribution in [0.5, 0.6) is 0 Å². The molecule has 0 spiro atoms. The molecule has 0 atom stereocenters. The molecule has 0 aromatic carbocycles. The summed E-state index contributed by atoms with van der Waals surface area (Å²) in [7, 11) is 0. The first-order chi connectivity index (χ1) is 7.26. The van der Waals surface area contributed by atoms with Crippen LogP contribution >= 0.6 is 0 Å². The molecule has 90 valence electrons. The van der Waals surface area contributed by atoms with E-state index < -0.39 is 0 Å². The fraction of sp³-hybridized carbons (Fsp3) is 1.00. The Morgan fingerprint density at radius 2 is 1.80 bits per heavy atom. The van der Waals surface area contributed by atoms with Crippen molar-refractivity contribution >= 4 is 0 Å². The summed E-state index contributed by atoms with van der Waals surface area (Å²) in [5.74, 6) is 0.966. The minimum atomic E-state index is 0.686. The van der Waals surface area contributed by atoms with Gasteiger partial charge in [-0.05, 0) is 43.6 Å². The van der Waals surface area contributed by atoms with Crippen LogP contribution in [0.25, 0.3) is 0 Å². The number of hydrogen-bond donors (Lipinski definition) is 1. The highest BCUT2D eigenvalue weighted by Gasteiger charge is 2.37. The zero-order valence-electron chi connectivity index (χ0n) is 10.9. The van der Waals surface area contributed by atoms with Gasteiger partial charge in [0.15, 0.2) is 0 Å². The summed E-state index contributed by atoms with van der Waals surface area (Å²) in [5.41, 5.74) is 0.686. The lowest BCUT2D eigenvalue weighted by molar-refractivity contribution is 0.0889. The lowest BCUT2D eigenvalue weighted by atomic mass is 9.63. The first-order valence-electron chi connectivity index (χ1n) is 6.97. The van der Waals surface area contributed by atoms with E-state index in [0.29, 0.717) is 5.41 Å². The van der Waals surface area contributed by atoms with Crippen LogP contribution in [0.2, 0.25) is 0 Å². The smallest absolute Gasteiger partial charge is 0.000791 e. The lowest BCUT2D eigenvalue weighted by Gasteiger charge is -2.44. The minimum absolute atomic E-state index is 0.686. The van der Waals surface area contributed by atoms with E-state index in [-0.39, 0.29) is 0 Å². The largest absolute Gasteiger partial charge is 0.316 e. The molecule has 1 fully saturated rings. The normalized spacial score (nSPS) is 19.2. The van der Waals surface area contributed by atoms with Crippen molar-refractivity contribution in [2.75, 3.05) is 13.1 Å². The molecule has 15 heavy (non-hydrogen) atoms. The van der Waals surface area contributed by atoms with E-state index in [2.05, 4.69) is 26.1 Å². The van der Waals surface area contributed by atoms with E-state index in [0.717, 1.165) is 5.92 Å². The van der Waals surface area contributed by atoms with Gasteiger partial charge in [-0.15, -0.1) is 0 Å². The Kier molecular flexibility index (Phi) is 5.66. The maximum atomic E-state index is 3.63. The monoisotopic (exact) mass is 211 g/mol. The van der Waals surface area contributed by atoms with Gasteiger partial charge in [-0.3, -0.25) is 0 Å². The van der Waals surface area contributed by atoms with Crippen molar-refractivity contribution in [3.8, 4) is 0 Å². The maximum Gasteiger partial charge on any atom is 0.000791 e. The van der Waals surface area contributed by atoms with Gasteiger partial charge >= 0.3 is 0 Å². The average Bonchev–Trinajstić information content (AvgIpc) is 2.21. The van der Waals surface area contributed by atoms with Crippen LogP contribution in [0, 0.1) is 11.3 Å². The van der Waals surface area contributed by atoms with Crippen LogP contribution in [0.4, 0.5) is 0 Å². The van der Waals surface area contributed by atoms with Gasteiger partial charge in [0.2, 0.25) is 0 Å². The van der Waals surface area contributed by atoms with Crippen molar-refractivity contribution in [2.45, 2.75) is 65.7 Å². The zero-order valence-corrected chi connectivity index (χ0v) is 10.9. The summed E-state index contributed by atoms with van der Waals surface area (Å²) in [6, 6.07) is 0. The van der Waals surface area contributed by atoms with E-state index in [9.17, 15) is 0 Å². The molecule has 0 radical (unpaired) electrons. The molecule has 0 aliphatic heterocycles. The molecule has 0 saturated heterocycles. The molecule has 1 N–H and O–H groups in total. The predicted octanol–water partition coefficient (Wildman–Crippen LogP) is 3.98. The average molecular weight is 211 g/mol. The third kappa shape index (κ3) is 3.79. The van der Waals surface area contributed by atoms with E-state index in [1.165, 1.54) is 58.0 Å². The third-order valence-electron chi connectivity index (χ3n) is 4.22. The van der Waals surface area contributed by atoms with Crippen LogP contribution < -0.4 is 5.32 Å². The number of rotatable bonds is 8. The standard InChI is InChI=1S/C14H29N/c1-4-10-15-12-14(8-7-9-14)11-13(5-2)6-3/h13,15H,4-12H2,1-3H3. The van der Waals surface area contributed by atoms with Crippen LogP contribution in [0.15, 0.2) is 0 Å². The van der Waals surface area contributed by atoms with E-state index in [1.54, 1.807) is 0 Å². The Hall–Kier alpha value is -0.0400. The van der Waals surface area contributed by atoms with Crippen molar-refractivity contribution in [1.29, 1.82) is 0 Å². The summed E-state index contributed by atoms with van der Waals surface area (Å²) in [6.07, 6.45) is 9.88. The molecule has 0 aromatic rings. The molecular weight excluding hydrogens is 182 g/mol. The summed E-state index contributed by atoms with van der Waals surface area (Å²) in [4.78, 5) is 0. The molecule has 1 rings (SSSR count). The molecular formula is C14H29N. The molecule has 0 amide bonds. The van der Waals surface area contributed by atoms with Gasteiger partial charge in [-0.1, -0.05) is 40.0 Å². The first-order valence-corrected chi connectivity index (χ1v) is 6.97. The van der Waals surface area contributed by atoms with Crippen molar-refractivity contribution < 1.29 is 0 Å². The van der Waals surface area contributed by atoms with Gasteiger partial charge < -0.3 is 5.32 Å². The quantitative estimate of drug-likeness (QED) is 0.599. The molecule has 0 heterocycles. The lowest BCUT2D eigenvalue weighted by Crippen LogP contribution is -2.41. The van der Waals surface area contributed by atoms with Crippen molar-refractivity contribution in [2.24, 2.45) is 11.3 Å². The van der Waals surface area contributed by atoms with Crippen LogP contribution in [-0.2, 0) is 0 Å². The summed E-state index contributed by atoms with van der Waals surface area (Å²) in [5, 5.41) is 3.63. The number of nitrogens with one attached hydrogen (secondary N) is 1. The van der Waals surface area contributed by atoms with E-state index >= 15 is 0 Å². The SMILES string of the molecule is CCCNCC1(CC(CC)CC)CCC1. The molecule has 1 nitrogen and oxygen atoms in total. The van der Waals surface area contributed by atoms with Crippen LogP contribution in [0.3, 0.4) is 0 Å². The van der Waals surface area contributed by atoms with Gasteiger partial charge in [0.1, 0.15) is 0 Å². The van der Waals surface area contributed by atoms with Gasteiger partial charge in [0.25, 0.3) is 0 Å². The molecule has 1 aliphatic carbocycles. The van der Waals surface area contributed by atoms with Crippen molar-refractivity contribution in [1.82, 2.24) is 5.32 Å². The number of hydrogen-bond acceptors (Lipinski definition) is 1. The highest BCUT2D eigenvalue weighted by Crippen LogP contribution is 2.46. The summed E-state index contributed by atoms with van der Waals surface area (Å²) in [6.45, 7) is 9.42. The first kappa shape index (κ1) is 13.0. The van der Waals surface area contributed by atoms with Gasteiger partial charge in [0, 0.05) is 6.54 Å². The van der Waals surface area contributed by atoms with Gasteiger partial charge in [0.05, 0.1) is 0 Å². The van der Waals surface area contributed by atoms with Gasteiger partial charge in [-0.2, -0.15) is 0 Å². The van der Waals surface area contributed by atoms with Crippen molar-refractivity contribution in [3.05, 3.63) is 0 Å². The topological polar surface area (TPSA) is 12.0 Å². The summed E-state index contributed by atoms with van der Waals surface area (Å²) < 4.78 is 0. The Balaban J connectivity index is 2.31. The molecule has 0 unspecified atom stereocenters. The van der Waals surface area contributed by atoms with Crippen molar-refractivity contribution in [3.63, 3.8) is 0 Å².